The molecule has 5 aromatic rings. The molecule has 8 rings (SSSR count). The summed E-state index contributed by atoms with van der Waals surface area (Å²) in [5.41, 5.74) is 10.8. The minimum atomic E-state index is -0.817. The first-order valence-corrected chi connectivity index (χ1v) is 27.3. The van der Waals surface area contributed by atoms with Gasteiger partial charge in [0.25, 0.3) is 0 Å². The number of benzene rings is 3. The van der Waals surface area contributed by atoms with E-state index >= 15 is 0 Å². The van der Waals surface area contributed by atoms with E-state index in [2.05, 4.69) is 63.3 Å². The van der Waals surface area contributed by atoms with E-state index in [0.717, 1.165) is 132 Å². The highest BCUT2D eigenvalue weighted by molar-refractivity contribution is 7.13. The number of nitrogens with one attached hydrogen (secondary N) is 3. The number of aromatic nitrogens is 2. The number of aliphatic hydroxyl groups excluding tert-OH is 1. The summed E-state index contributed by atoms with van der Waals surface area (Å²) in [5, 5.41) is 17.8. The van der Waals surface area contributed by atoms with E-state index < -0.39 is 28.9 Å². The van der Waals surface area contributed by atoms with Gasteiger partial charge in [-0.25, -0.2) is 9.83 Å². The summed E-state index contributed by atoms with van der Waals surface area (Å²) in [5.74, 6) is -1.05. The number of H-pyrrole nitrogens is 1. The number of likely N-dealkylation sites (tertiary alicyclic amines) is 1. The summed E-state index contributed by atoms with van der Waals surface area (Å²) in [4.78, 5) is 84.6. The van der Waals surface area contributed by atoms with Crippen LogP contribution in [0.2, 0.25) is 0 Å². The maximum absolute atomic E-state index is 14.1. The maximum Gasteiger partial charge on any atom is 0.243 e. The number of aromatic amines is 1. The van der Waals surface area contributed by atoms with Crippen molar-refractivity contribution in [2.24, 2.45) is 11.3 Å². The standard InChI is InChI=1S/C59H73N7O6S/c1-9-38-28-45-46(59(6,7)55-52(53(45)70)44-23-22-41(60-8)29-48(44)64-55)32-49(38)65-26-24-40(25-27-65)63-51(69)17-15-13-11-10-12-14-16-42(67)30-47(58(3,4)5)57(72)66-34-43(68)31-50(66)56(71)61-33-37-18-20-39(21-19-37)54-36(2)62-35-73-54/h18-23,28-29,32,35,40,43,47,50,64,68H,9-17,24-27,30-31,33-34H2,1-7H3,(H,61,71)(H,63,69)/t43-,47-,50+/m1/s1. The smallest absolute Gasteiger partial charge is 0.243 e. The van der Waals surface area contributed by atoms with Crippen molar-refractivity contribution in [3.05, 3.63) is 111 Å². The van der Waals surface area contributed by atoms with Gasteiger partial charge in [-0.1, -0.05) is 104 Å². The van der Waals surface area contributed by atoms with E-state index in [1.165, 1.54) is 4.90 Å². The molecular weight excluding hydrogens is 935 g/mol. The number of aryl methyl sites for hydroxylation is 2. The molecule has 13 nitrogen and oxygen atoms in total. The second-order valence-corrected chi connectivity index (χ2v) is 23.1. The number of unbranched alkanes of at least 4 members (excludes halogenated alkanes) is 5. The second-order valence-electron chi connectivity index (χ2n) is 22.2. The van der Waals surface area contributed by atoms with Crippen molar-refractivity contribution in [2.75, 3.05) is 24.5 Å². The Morgan fingerprint density at radius 1 is 0.973 bits per heavy atom. The molecule has 3 amide bonds. The number of hydrogen-bond acceptors (Lipinski definition) is 9. The Morgan fingerprint density at radius 3 is 2.33 bits per heavy atom. The zero-order chi connectivity index (χ0) is 52.2. The van der Waals surface area contributed by atoms with Gasteiger partial charge in [0.2, 0.25) is 17.7 Å². The van der Waals surface area contributed by atoms with E-state index in [1.54, 1.807) is 17.4 Å². The SMILES string of the molecule is [C-]#[N+]c1ccc2c3c([nH]c2c1)C(C)(C)c1cc(N2CCC(NC(=O)CCCCCCCCC(=O)C[C@H](C(=O)N4C[C@H](O)C[C@H]4C(=O)NCc4ccc(-c5scnc5C)cc4)C(C)(C)C)CC2)c(CC)cc1C3=O. The number of anilines is 1. The fourth-order valence-corrected chi connectivity index (χ4v) is 12.1. The van der Waals surface area contributed by atoms with Crippen molar-refractivity contribution in [3.8, 4) is 10.4 Å². The van der Waals surface area contributed by atoms with Gasteiger partial charge in [-0.3, -0.25) is 24.0 Å². The largest absolute Gasteiger partial charge is 0.391 e. The van der Waals surface area contributed by atoms with Crippen LogP contribution in [-0.2, 0) is 37.6 Å². The summed E-state index contributed by atoms with van der Waals surface area (Å²) >= 11 is 1.59. The lowest BCUT2D eigenvalue weighted by atomic mass is 9.70. The van der Waals surface area contributed by atoms with Gasteiger partial charge in [0.1, 0.15) is 11.8 Å². The molecule has 2 saturated heterocycles. The molecule has 2 fully saturated rings. The lowest BCUT2D eigenvalue weighted by molar-refractivity contribution is -0.146. The number of thiazole rings is 1. The van der Waals surface area contributed by atoms with Crippen molar-refractivity contribution in [2.45, 2.75) is 162 Å². The summed E-state index contributed by atoms with van der Waals surface area (Å²) < 4.78 is 0. The van der Waals surface area contributed by atoms with Gasteiger partial charge in [0.05, 0.1) is 34.3 Å². The van der Waals surface area contributed by atoms with Crippen LogP contribution < -0.4 is 15.5 Å². The predicted octanol–water partition coefficient (Wildman–Crippen LogP) is 10.7. The molecule has 0 saturated carbocycles. The Kier molecular flexibility index (Phi) is 16.4. The van der Waals surface area contributed by atoms with E-state index in [9.17, 15) is 29.1 Å². The number of β-amino-alcohol motifs (C(OH)–C–C–N with tert-alkyl or cyclic N) is 1. The number of aliphatic hydroxyl groups is 1. The Hall–Kier alpha value is -6.17. The highest BCUT2D eigenvalue weighted by Crippen LogP contribution is 2.46. The molecule has 2 aliphatic heterocycles. The molecule has 386 valence electrons. The van der Waals surface area contributed by atoms with Gasteiger partial charge in [0.15, 0.2) is 11.5 Å². The Labute approximate surface area is 434 Å². The van der Waals surface area contributed by atoms with E-state index in [1.807, 2.05) is 69.6 Å². The summed E-state index contributed by atoms with van der Waals surface area (Å²) in [6.45, 7) is 23.7. The average molecular weight is 1010 g/mol. The maximum atomic E-state index is 14.1. The zero-order valence-electron chi connectivity index (χ0n) is 43.8. The van der Waals surface area contributed by atoms with Gasteiger partial charge < -0.3 is 30.5 Å². The second kappa shape index (κ2) is 22.5. The fraction of sp³-hybridized carbons (Fsp3) is 0.508. The van der Waals surface area contributed by atoms with Crippen molar-refractivity contribution >= 4 is 62.9 Å². The van der Waals surface area contributed by atoms with Crippen LogP contribution in [0, 0.1) is 24.8 Å². The number of ketones is 2. The number of hydrogen-bond donors (Lipinski definition) is 4. The van der Waals surface area contributed by atoms with Crippen molar-refractivity contribution in [1.82, 2.24) is 25.5 Å². The molecular formula is C59H73N7O6S. The quantitative estimate of drug-likeness (QED) is 0.0468. The number of nitrogens with zero attached hydrogens (tertiary/aromatic N) is 4. The van der Waals surface area contributed by atoms with Crippen LogP contribution in [0.1, 0.15) is 163 Å². The molecule has 4 N–H and O–H groups in total. The van der Waals surface area contributed by atoms with Crippen LogP contribution >= 0.6 is 11.3 Å². The van der Waals surface area contributed by atoms with Crippen LogP contribution in [-0.4, -0.2) is 87.1 Å². The Balaban J connectivity index is 0.731. The summed E-state index contributed by atoms with van der Waals surface area (Å²) in [7, 11) is 0. The first-order chi connectivity index (χ1) is 34.9. The van der Waals surface area contributed by atoms with E-state index in [-0.39, 0.29) is 54.7 Å². The van der Waals surface area contributed by atoms with Gasteiger partial charge in [-0.05, 0) is 84.9 Å². The van der Waals surface area contributed by atoms with Crippen LogP contribution in [0.15, 0.2) is 60.1 Å². The van der Waals surface area contributed by atoms with Gasteiger partial charge in [-0.15, -0.1) is 11.3 Å². The van der Waals surface area contributed by atoms with Crippen LogP contribution in [0.5, 0.6) is 0 Å². The molecule has 0 unspecified atom stereocenters. The summed E-state index contributed by atoms with van der Waals surface area (Å²) in [6.07, 6.45) is 8.12. The molecule has 14 heteroatoms. The minimum Gasteiger partial charge on any atom is -0.391 e. The predicted molar refractivity (Wildman–Crippen MR) is 289 cm³/mol. The van der Waals surface area contributed by atoms with Gasteiger partial charge in [-0.2, -0.15) is 0 Å². The van der Waals surface area contributed by atoms with E-state index in [0.29, 0.717) is 30.6 Å². The average Bonchev–Trinajstić information content (AvgIpc) is 4.11. The minimum absolute atomic E-state index is 0.0231. The lowest BCUT2D eigenvalue weighted by Gasteiger charge is -2.38. The van der Waals surface area contributed by atoms with E-state index in [4.69, 9.17) is 6.57 Å². The van der Waals surface area contributed by atoms with Crippen molar-refractivity contribution in [1.29, 1.82) is 0 Å². The van der Waals surface area contributed by atoms with Crippen LogP contribution in [0.3, 0.4) is 0 Å². The highest BCUT2D eigenvalue weighted by Gasteiger charge is 2.45. The number of rotatable bonds is 19. The first-order valence-electron chi connectivity index (χ1n) is 26.4. The van der Waals surface area contributed by atoms with Crippen molar-refractivity contribution in [3.63, 3.8) is 0 Å². The number of piperidine rings is 1. The molecule has 0 bridgehead atoms. The molecule has 3 aromatic carbocycles. The first kappa shape index (κ1) is 53.1. The monoisotopic (exact) mass is 1010 g/mol. The van der Waals surface area contributed by atoms with Crippen LogP contribution in [0.4, 0.5) is 11.4 Å². The number of carbonyl (C=O) groups is 5. The zero-order valence-corrected chi connectivity index (χ0v) is 44.6. The normalized spacial score (nSPS) is 18.0. The van der Waals surface area contributed by atoms with Gasteiger partial charge in [0, 0.05) is 97.1 Å². The highest BCUT2D eigenvalue weighted by atomic mass is 32.1. The third-order valence-corrected chi connectivity index (χ3v) is 16.6. The number of Topliss-reactive ketones (excluding diaryl/α,β-unsaturated/α-hetero) is 1. The van der Waals surface area contributed by atoms with Gasteiger partial charge >= 0.3 is 0 Å². The topological polar surface area (TPSA) is 169 Å². The third-order valence-electron chi connectivity index (χ3n) is 15.7. The molecule has 0 radical (unpaired) electrons. The third kappa shape index (κ3) is 11.8. The van der Waals surface area contributed by atoms with Crippen molar-refractivity contribution < 1.29 is 29.1 Å². The molecule has 2 aromatic heterocycles. The molecule has 3 atom stereocenters. The Bertz CT molecular complexity index is 2900. The fourth-order valence-electron chi connectivity index (χ4n) is 11.3. The lowest BCUT2D eigenvalue weighted by Crippen LogP contribution is -2.50. The number of fused-ring (bicyclic) bond motifs is 4. The molecule has 3 aliphatic rings. The summed E-state index contributed by atoms with van der Waals surface area (Å²) in [6, 6.07) is 17.1. The van der Waals surface area contributed by atoms with Crippen LogP contribution in [0.25, 0.3) is 26.2 Å². The number of carbonyl (C=O) groups excluding carboxylic acids is 5. The Morgan fingerprint density at radius 2 is 1.67 bits per heavy atom. The molecule has 1 aliphatic carbocycles. The number of amides is 3. The molecule has 0 spiro atoms. The molecule has 4 heterocycles. The molecule has 73 heavy (non-hydrogen) atoms.